The van der Waals surface area contributed by atoms with Crippen LogP contribution in [0.15, 0.2) is 18.2 Å². The van der Waals surface area contributed by atoms with Gasteiger partial charge < -0.3 is 12.9 Å². The van der Waals surface area contributed by atoms with Gasteiger partial charge in [0.2, 0.25) is 0 Å². The van der Waals surface area contributed by atoms with Gasteiger partial charge in [-0.3, -0.25) is 0 Å². The molecule has 0 radical (unpaired) electrons. The second-order valence-corrected chi connectivity index (χ2v) is 4.04. The number of halogens is 4. The van der Waals surface area contributed by atoms with E-state index in [4.69, 9.17) is 11.6 Å². The first kappa shape index (κ1) is 14.1. The Balaban J connectivity index is 0.00000112. The van der Waals surface area contributed by atoms with Gasteiger partial charge in [-0.15, -0.1) is 0 Å². The van der Waals surface area contributed by atoms with Crippen LogP contribution in [-0.4, -0.2) is 6.98 Å². The first-order valence-electron chi connectivity index (χ1n) is 4.48. The summed E-state index contributed by atoms with van der Waals surface area (Å²) in [5.41, 5.74) is 0.245. The van der Waals surface area contributed by atoms with E-state index < -0.39 is 12.4 Å². The van der Waals surface area contributed by atoms with Crippen molar-refractivity contribution < 1.29 is 64.3 Å². The molecule has 0 N–H and O–H groups in total. The molecule has 0 saturated heterocycles. The number of benzene rings is 1. The van der Waals surface area contributed by atoms with Gasteiger partial charge >= 0.3 is 58.4 Å². The number of hydrogen-bond donors (Lipinski definition) is 0. The summed E-state index contributed by atoms with van der Waals surface area (Å²) in [6.45, 7) is -4.98. The fraction of sp³-hybridized carbons (Fsp3) is 0.333. The van der Waals surface area contributed by atoms with Crippen LogP contribution in [0.4, 0.5) is 12.9 Å². The van der Waals surface area contributed by atoms with E-state index in [1.54, 1.807) is 0 Å². The SMILES string of the molecule is F[B-](F)(F)c1ccc(C2CC2)cc1Cl.[K+]. The molecule has 1 fully saturated rings. The van der Waals surface area contributed by atoms with Gasteiger partial charge in [-0.25, -0.2) is 0 Å². The number of rotatable bonds is 2. The van der Waals surface area contributed by atoms with Crippen LogP contribution in [0.5, 0.6) is 0 Å². The van der Waals surface area contributed by atoms with Crippen molar-refractivity contribution in [2.24, 2.45) is 0 Å². The predicted octanol–water partition coefficient (Wildman–Crippen LogP) is 0.276. The summed E-state index contributed by atoms with van der Waals surface area (Å²) in [4.78, 5) is 0. The molecule has 2 rings (SSSR count). The third-order valence-corrected chi connectivity index (χ3v) is 2.75. The fourth-order valence-electron chi connectivity index (χ4n) is 1.48. The molecule has 0 unspecified atom stereocenters. The minimum atomic E-state index is -4.98. The van der Waals surface area contributed by atoms with Crippen molar-refractivity contribution in [3.63, 3.8) is 0 Å². The van der Waals surface area contributed by atoms with Crippen LogP contribution in [-0.2, 0) is 0 Å². The van der Waals surface area contributed by atoms with Gasteiger partial charge in [-0.05, 0) is 30.4 Å². The molecule has 15 heavy (non-hydrogen) atoms. The quantitative estimate of drug-likeness (QED) is 0.669. The molecule has 0 aromatic heterocycles. The average Bonchev–Trinajstić information content (AvgIpc) is 2.83. The van der Waals surface area contributed by atoms with E-state index in [1.807, 2.05) is 0 Å². The van der Waals surface area contributed by atoms with E-state index in [-0.39, 0.29) is 56.4 Å². The minimum absolute atomic E-state index is 0. The Morgan fingerprint density at radius 2 is 1.80 bits per heavy atom. The Bertz CT molecular complexity index is 363. The first-order chi connectivity index (χ1) is 6.48. The molecular weight excluding hydrogens is 250 g/mol. The van der Waals surface area contributed by atoms with E-state index >= 15 is 0 Å². The Hall–Kier alpha value is 1.00. The minimum Gasteiger partial charge on any atom is -0.445 e. The standard InChI is InChI=1S/C9H8BClF3.K/c11-9-5-7(6-1-2-6)3-4-8(9)10(12,13)14;/h3-6H,1-2H2;/q-1;+1. The third kappa shape index (κ3) is 3.48. The van der Waals surface area contributed by atoms with Crippen molar-refractivity contribution in [1.29, 1.82) is 0 Å². The topological polar surface area (TPSA) is 0 Å². The molecule has 1 saturated carbocycles. The largest absolute Gasteiger partial charge is 1.00 e. The van der Waals surface area contributed by atoms with Gasteiger partial charge in [-0.1, -0.05) is 29.2 Å². The van der Waals surface area contributed by atoms with Gasteiger partial charge in [-0.2, -0.15) is 0 Å². The fourth-order valence-corrected chi connectivity index (χ4v) is 1.79. The Morgan fingerprint density at radius 3 is 2.20 bits per heavy atom. The second-order valence-electron chi connectivity index (χ2n) is 3.63. The molecule has 1 aromatic rings. The van der Waals surface area contributed by atoms with Crippen molar-refractivity contribution in [2.45, 2.75) is 18.8 Å². The summed E-state index contributed by atoms with van der Waals surface area (Å²) in [6.07, 6.45) is 2.12. The maximum atomic E-state index is 12.4. The van der Waals surface area contributed by atoms with Crippen LogP contribution < -0.4 is 56.8 Å². The van der Waals surface area contributed by atoms with E-state index in [0.717, 1.165) is 24.5 Å². The zero-order chi connectivity index (χ0) is 10.3. The van der Waals surface area contributed by atoms with Gasteiger partial charge in [0.1, 0.15) is 0 Å². The van der Waals surface area contributed by atoms with Crippen LogP contribution >= 0.6 is 11.6 Å². The smallest absolute Gasteiger partial charge is 0.445 e. The van der Waals surface area contributed by atoms with Crippen molar-refractivity contribution in [1.82, 2.24) is 0 Å². The van der Waals surface area contributed by atoms with Crippen LogP contribution in [0, 0.1) is 0 Å². The molecule has 0 amide bonds. The summed E-state index contributed by atoms with van der Waals surface area (Å²) >= 11 is 5.58. The first-order valence-corrected chi connectivity index (χ1v) is 4.85. The Kier molecular flexibility index (Phi) is 4.79. The Morgan fingerprint density at radius 1 is 1.20 bits per heavy atom. The molecule has 1 aliphatic rings. The normalized spacial score (nSPS) is 16.0. The average molecular weight is 259 g/mol. The molecule has 0 bridgehead atoms. The maximum Gasteiger partial charge on any atom is 1.00 e. The maximum absolute atomic E-state index is 12.4. The van der Waals surface area contributed by atoms with E-state index in [1.165, 1.54) is 12.1 Å². The van der Waals surface area contributed by atoms with E-state index in [2.05, 4.69) is 0 Å². The summed E-state index contributed by atoms with van der Waals surface area (Å²) in [7, 11) is 0. The summed E-state index contributed by atoms with van der Waals surface area (Å²) in [5.74, 6) is 0.433. The molecule has 0 heterocycles. The Labute approximate surface area is 134 Å². The van der Waals surface area contributed by atoms with Crippen molar-refractivity contribution in [2.75, 3.05) is 0 Å². The van der Waals surface area contributed by atoms with Crippen LogP contribution in [0.25, 0.3) is 0 Å². The van der Waals surface area contributed by atoms with Crippen molar-refractivity contribution >= 4 is 24.0 Å². The monoisotopic (exact) mass is 258 g/mol. The molecule has 0 atom stereocenters. The van der Waals surface area contributed by atoms with Crippen molar-refractivity contribution in [3.05, 3.63) is 28.8 Å². The van der Waals surface area contributed by atoms with Crippen LogP contribution in [0.2, 0.25) is 5.02 Å². The van der Waals surface area contributed by atoms with Crippen LogP contribution in [0.3, 0.4) is 0 Å². The molecule has 0 aliphatic heterocycles. The molecular formula is C9H8BClF3K. The molecule has 1 aliphatic carbocycles. The second kappa shape index (κ2) is 5.11. The van der Waals surface area contributed by atoms with Gasteiger partial charge in [0.25, 0.3) is 0 Å². The van der Waals surface area contributed by atoms with Gasteiger partial charge in [0.05, 0.1) is 0 Å². The predicted molar refractivity (Wildman–Crippen MR) is 52.1 cm³/mol. The molecule has 6 heteroatoms. The van der Waals surface area contributed by atoms with Crippen molar-refractivity contribution in [3.8, 4) is 0 Å². The zero-order valence-electron chi connectivity index (χ0n) is 8.31. The summed E-state index contributed by atoms with van der Waals surface area (Å²) in [5, 5.41) is -0.165. The summed E-state index contributed by atoms with van der Waals surface area (Å²) in [6, 6.07) is 4.08. The van der Waals surface area contributed by atoms with E-state index in [9.17, 15) is 12.9 Å². The van der Waals surface area contributed by atoms with E-state index in [0.29, 0.717) is 5.92 Å². The van der Waals surface area contributed by atoms with Gasteiger partial charge in [0.15, 0.2) is 0 Å². The van der Waals surface area contributed by atoms with Gasteiger partial charge in [0, 0.05) is 5.02 Å². The zero-order valence-corrected chi connectivity index (χ0v) is 12.2. The molecule has 0 nitrogen and oxygen atoms in total. The molecule has 76 valence electrons. The molecule has 1 aromatic carbocycles. The molecule has 0 spiro atoms. The van der Waals surface area contributed by atoms with Crippen LogP contribution in [0.1, 0.15) is 24.3 Å². The third-order valence-electron chi connectivity index (χ3n) is 2.43. The summed E-state index contributed by atoms with van der Waals surface area (Å²) < 4.78 is 37.1. The number of hydrogen-bond acceptors (Lipinski definition) is 0.